The number of carbonyl (C=O) groups excluding carboxylic acids is 1. The summed E-state index contributed by atoms with van der Waals surface area (Å²) in [5, 5.41) is 0.419. The van der Waals surface area contributed by atoms with Gasteiger partial charge in [0.15, 0.2) is 0 Å². The van der Waals surface area contributed by atoms with E-state index in [2.05, 4.69) is 0 Å². The van der Waals surface area contributed by atoms with Crippen LogP contribution in [0.5, 0.6) is 5.75 Å². The van der Waals surface area contributed by atoms with Crippen LogP contribution in [0.3, 0.4) is 0 Å². The summed E-state index contributed by atoms with van der Waals surface area (Å²) in [6.45, 7) is 1.14. The summed E-state index contributed by atoms with van der Waals surface area (Å²) in [7, 11) is -3.79. The van der Waals surface area contributed by atoms with Gasteiger partial charge in [-0.25, -0.2) is 8.42 Å². The molecule has 0 N–H and O–H groups in total. The maximum atomic E-state index is 12.9. The van der Waals surface area contributed by atoms with E-state index in [0.29, 0.717) is 10.6 Å². The third-order valence-corrected chi connectivity index (χ3v) is 7.56. The number of para-hydroxylation sites is 1. The van der Waals surface area contributed by atoms with Crippen molar-refractivity contribution in [3.05, 3.63) is 63.6 Å². The van der Waals surface area contributed by atoms with Gasteiger partial charge in [0.2, 0.25) is 10.0 Å². The number of benzene rings is 2. The van der Waals surface area contributed by atoms with Crippen molar-refractivity contribution >= 4 is 45.2 Å². The molecule has 4 rings (SSSR count). The first kappa shape index (κ1) is 20.2. The molecule has 0 spiro atoms. The number of carbonyl (C=O) groups is 1. The summed E-state index contributed by atoms with van der Waals surface area (Å²) in [5.74, 6) is 0.607. The van der Waals surface area contributed by atoms with Crippen LogP contribution in [0, 0.1) is 0 Å². The molecule has 0 unspecified atom stereocenters. The van der Waals surface area contributed by atoms with E-state index in [1.807, 2.05) is 30.3 Å². The maximum absolute atomic E-state index is 12.9. The molecule has 2 aliphatic rings. The van der Waals surface area contributed by atoms with E-state index in [-0.39, 0.29) is 48.6 Å². The Hall–Kier alpha value is -2.06. The lowest BCUT2D eigenvalue weighted by atomic mass is 10.1. The molecule has 0 aliphatic carbocycles. The van der Waals surface area contributed by atoms with Crippen molar-refractivity contribution in [2.45, 2.75) is 4.90 Å². The number of hydrogen-bond donors (Lipinski definition) is 0. The van der Waals surface area contributed by atoms with E-state index in [1.165, 1.54) is 22.5 Å². The summed E-state index contributed by atoms with van der Waals surface area (Å²) >= 11 is 12.0. The molecule has 0 aromatic heterocycles. The molecule has 0 saturated carbocycles. The van der Waals surface area contributed by atoms with Gasteiger partial charge in [0.05, 0.1) is 10.6 Å². The molecule has 0 radical (unpaired) electrons. The molecule has 29 heavy (non-hydrogen) atoms. The zero-order valence-electron chi connectivity index (χ0n) is 15.3. The zero-order chi connectivity index (χ0) is 20.6. The molecular weight excluding hydrogens is 435 g/mol. The number of piperazine rings is 1. The fourth-order valence-electron chi connectivity index (χ4n) is 3.39. The number of ether oxygens (including phenoxy) is 1. The van der Waals surface area contributed by atoms with E-state index >= 15 is 0 Å². The average molecular weight is 453 g/mol. The van der Waals surface area contributed by atoms with Crippen LogP contribution in [0.25, 0.3) is 6.08 Å². The second-order valence-corrected chi connectivity index (χ2v) is 9.52. The Morgan fingerprint density at radius 2 is 1.72 bits per heavy atom. The second kappa shape index (κ2) is 7.99. The third-order valence-electron chi connectivity index (χ3n) is 4.94. The summed E-state index contributed by atoms with van der Waals surface area (Å²) in [4.78, 5) is 14.5. The quantitative estimate of drug-likeness (QED) is 0.716. The largest absolute Gasteiger partial charge is 0.488 e. The minimum absolute atomic E-state index is 0.0218. The Labute approximate surface area is 179 Å². The van der Waals surface area contributed by atoms with Crippen molar-refractivity contribution in [2.75, 3.05) is 32.8 Å². The number of fused-ring (bicyclic) bond motifs is 1. The van der Waals surface area contributed by atoms with Gasteiger partial charge in [0.25, 0.3) is 5.91 Å². The Kier molecular flexibility index (Phi) is 5.57. The Morgan fingerprint density at radius 1 is 1.00 bits per heavy atom. The lowest BCUT2D eigenvalue weighted by Crippen LogP contribution is -2.51. The summed E-state index contributed by atoms with van der Waals surface area (Å²) < 4.78 is 32.8. The molecule has 2 heterocycles. The summed E-state index contributed by atoms with van der Waals surface area (Å²) in [6, 6.07) is 11.9. The molecule has 0 atom stereocenters. The van der Waals surface area contributed by atoms with Gasteiger partial charge in [0, 0.05) is 36.8 Å². The predicted molar refractivity (Wildman–Crippen MR) is 112 cm³/mol. The minimum Gasteiger partial charge on any atom is -0.488 e. The monoisotopic (exact) mass is 452 g/mol. The Balaban J connectivity index is 1.46. The van der Waals surface area contributed by atoms with Gasteiger partial charge in [0.1, 0.15) is 17.3 Å². The molecule has 9 heteroatoms. The molecule has 2 aromatic rings. The molecule has 1 amide bonds. The van der Waals surface area contributed by atoms with Gasteiger partial charge in [-0.3, -0.25) is 4.79 Å². The molecule has 6 nitrogen and oxygen atoms in total. The van der Waals surface area contributed by atoms with E-state index in [1.54, 1.807) is 4.90 Å². The van der Waals surface area contributed by atoms with Crippen LogP contribution in [0.4, 0.5) is 0 Å². The van der Waals surface area contributed by atoms with Gasteiger partial charge in [-0.15, -0.1) is 0 Å². The van der Waals surface area contributed by atoms with E-state index < -0.39 is 10.0 Å². The Bertz CT molecular complexity index is 1090. The average Bonchev–Trinajstić information content (AvgIpc) is 2.74. The van der Waals surface area contributed by atoms with Gasteiger partial charge >= 0.3 is 0 Å². The molecule has 1 saturated heterocycles. The fraction of sp³-hybridized carbons (Fsp3) is 0.250. The van der Waals surface area contributed by atoms with Crippen LogP contribution in [-0.4, -0.2) is 56.3 Å². The third kappa shape index (κ3) is 4.00. The highest BCUT2D eigenvalue weighted by molar-refractivity contribution is 7.89. The number of sulfonamides is 1. The number of rotatable bonds is 3. The van der Waals surface area contributed by atoms with Crippen molar-refractivity contribution in [3.8, 4) is 5.75 Å². The summed E-state index contributed by atoms with van der Waals surface area (Å²) in [6.07, 6.45) is 1.83. The topological polar surface area (TPSA) is 66.9 Å². The highest BCUT2D eigenvalue weighted by Crippen LogP contribution is 2.29. The van der Waals surface area contributed by atoms with Crippen LogP contribution >= 0.6 is 23.2 Å². The smallest absolute Gasteiger partial charge is 0.253 e. The standard InChI is InChI=1S/C20H18Cl2N2O4S/c21-16-5-6-17(22)19(12-16)29(26,27)24-9-7-23(8-10-24)20(25)15-11-14-3-1-2-4-18(14)28-13-15/h1-6,11-12H,7-10,13H2. The van der Waals surface area contributed by atoms with Crippen molar-refractivity contribution in [1.82, 2.24) is 9.21 Å². The van der Waals surface area contributed by atoms with E-state index in [9.17, 15) is 13.2 Å². The molecule has 0 bridgehead atoms. The summed E-state index contributed by atoms with van der Waals surface area (Å²) in [5.41, 5.74) is 1.41. The molecule has 2 aliphatic heterocycles. The zero-order valence-corrected chi connectivity index (χ0v) is 17.7. The van der Waals surface area contributed by atoms with Crippen LogP contribution in [0.2, 0.25) is 10.0 Å². The lowest BCUT2D eigenvalue weighted by molar-refractivity contribution is -0.128. The first-order valence-electron chi connectivity index (χ1n) is 9.03. The van der Waals surface area contributed by atoms with Gasteiger partial charge in [-0.2, -0.15) is 4.31 Å². The van der Waals surface area contributed by atoms with Crippen LogP contribution in [0.1, 0.15) is 5.56 Å². The number of halogens is 2. The second-order valence-electron chi connectivity index (χ2n) is 6.77. The normalized spacial score (nSPS) is 17.3. The highest BCUT2D eigenvalue weighted by Gasteiger charge is 2.32. The first-order valence-corrected chi connectivity index (χ1v) is 11.2. The van der Waals surface area contributed by atoms with E-state index in [0.717, 1.165) is 11.3 Å². The fourth-order valence-corrected chi connectivity index (χ4v) is 5.55. The molecular formula is C20H18Cl2N2O4S. The highest BCUT2D eigenvalue weighted by atomic mass is 35.5. The minimum atomic E-state index is -3.79. The lowest BCUT2D eigenvalue weighted by Gasteiger charge is -2.35. The van der Waals surface area contributed by atoms with Crippen molar-refractivity contribution < 1.29 is 17.9 Å². The van der Waals surface area contributed by atoms with Crippen molar-refractivity contribution in [3.63, 3.8) is 0 Å². The first-order chi connectivity index (χ1) is 13.9. The van der Waals surface area contributed by atoms with Gasteiger partial charge < -0.3 is 9.64 Å². The van der Waals surface area contributed by atoms with Crippen LogP contribution in [0.15, 0.2) is 52.9 Å². The maximum Gasteiger partial charge on any atom is 0.253 e. The van der Waals surface area contributed by atoms with Crippen LogP contribution in [-0.2, 0) is 14.8 Å². The van der Waals surface area contributed by atoms with Crippen LogP contribution < -0.4 is 4.74 Å². The van der Waals surface area contributed by atoms with Crippen molar-refractivity contribution in [2.24, 2.45) is 0 Å². The number of nitrogens with zero attached hydrogens (tertiary/aromatic N) is 2. The molecule has 1 fully saturated rings. The Morgan fingerprint density at radius 3 is 2.48 bits per heavy atom. The molecule has 152 valence electrons. The van der Waals surface area contributed by atoms with Gasteiger partial charge in [-0.1, -0.05) is 41.4 Å². The molecule has 2 aromatic carbocycles. The predicted octanol–water partition coefficient (Wildman–Crippen LogP) is 3.30. The number of hydrogen-bond acceptors (Lipinski definition) is 4. The SMILES string of the molecule is O=C(C1=Cc2ccccc2OC1)N1CCN(S(=O)(=O)c2cc(Cl)ccc2Cl)CC1. The van der Waals surface area contributed by atoms with E-state index in [4.69, 9.17) is 27.9 Å². The number of amides is 1. The van der Waals surface area contributed by atoms with Gasteiger partial charge in [-0.05, 0) is 30.3 Å². The van der Waals surface area contributed by atoms with Crippen molar-refractivity contribution in [1.29, 1.82) is 0 Å².